The Balaban J connectivity index is 2.89. The first-order valence-corrected chi connectivity index (χ1v) is 5.74. The van der Waals surface area contributed by atoms with Crippen LogP contribution in [0.5, 0.6) is 5.75 Å². The number of hydrogen-bond donors (Lipinski definition) is 4. The van der Waals surface area contributed by atoms with Crippen molar-refractivity contribution in [2.24, 2.45) is 16.7 Å². The molecule has 0 aromatic heterocycles. The lowest BCUT2D eigenvalue weighted by Gasteiger charge is -2.09. The van der Waals surface area contributed by atoms with Crippen molar-refractivity contribution in [1.29, 1.82) is 0 Å². The van der Waals surface area contributed by atoms with Crippen LogP contribution in [0.25, 0.3) is 0 Å². The van der Waals surface area contributed by atoms with Gasteiger partial charge in [-0.25, -0.2) is 0 Å². The fraction of sp³-hybridized carbons (Fsp3) is 0.200. The van der Waals surface area contributed by atoms with E-state index in [0.717, 1.165) is 0 Å². The summed E-state index contributed by atoms with van der Waals surface area (Å²) in [5, 5.41) is 21.7. The van der Waals surface area contributed by atoms with Crippen molar-refractivity contribution in [3.8, 4) is 5.75 Å². The summed E-state index contributed by atoms with van der Waals surface area (Å²) in [5.41, 5.74) is 7.94. The Kier molecular flexibility index (Phi) is 4.80. The average Bonchev–Trinajstić information content (AvgIpc) is 2.30. The lowest BCUT2D eigenvalue weighted by atomic mass is 10.0. The minimum atomic E-state index is -1.11. The Morgan fingerprint density at radius 1 is 1.59 bits per heavy atom. The predicted octanol–water partition coefficient (Wildman–Crippen LogP) is 0.612. The van der Waals surface area contributed by atoms with E-state index in [4.69, 9.17) is 16.7 Å². The molecule has 0 radical (unpaired) electrons. The Hall–Kier alpha value is -1.73. The first-order chi connectivity index (χ1) is 8.06. The number of hydrogen-bond acceptors (Lipinski definition) is 6. The number of phenols is 1. The minimum absolute atomic E-state index is 0.0873. The molecule has 0 aliphatic carbocycles. The molecule has 0 bridgehead atoms. The number of aliphatic carboxylic acids is 1. The third-order valence-electron chi connectivity index (χ3n) is 2.10. The van der Waals surface area contributed by atoms with Crippen LogP contribution in [0.1, 0.15) is 17.2 Å². The molecule has 1 unspecified atom stereocenters. The quantitative estimate of drug-likeness (QED) is 0.265. The Morgan fingerprint density at radius 3 is 2.88 bits per heavy atom. The summed E-state index contributed by atoms with van der Waals surface area (Å²) in [6.07, 6.45) is 0. The molecule has 92 valence electrons. The van der Waals surface area contributed by atoms with Gasteiger partial charge in [-0.15, -0.1) is 11.8 Å². The number of carboxylic acids is 1. The number of nitrogens with two attached hydrogens (primary N) is 2. The van der Waals surface area contributed by atoms with E-state index in [1.807, 2.05) is 0 Å². The normalized spacial score (nSPS) is 12.8. The number of benzene rings is 1. The first kappa shape index (κ1) is 13.3. The van der Waals surface area contributed by atoms with Gasteiger partial charge >= 0.3 is 5.97 Å². The smallest absolute Gasteiger partial charge is 0.325 e. The molecule has 0 amide bonds. The van der Waals surface area contributed by atoms with E-state index in [1.54, 1.807) is 6.07 Å². The van der Waals surface area contributed by atoms with Crippen molar-refractivity contribution in [1.82, 2.24) is 0 Å². The summed E-state index contributed by atoms with van der Waals surface area (Å²) in [6.45, 7) is 0. The van der Waals surface area contributed by atoms with E-state index < -0.39 is 12.0 Å². The van der Waals surface area contributed by atoms with Crippen molar-refractivity contribution in [2.75, 3.05) is 0 Å². The summed E-state index contributed by atoms with van der Waals surface area (Å²) in [5.74, 6) is 4.35. The van der Waals surface area contributed by atoms with Gasteiger partial charge in [0.15, 0.2) is 0 Å². The topological polar surface area (TPSA) is 122 Å². The van der Waals surface area contributed by atoms with Crippen molar-refractivity contribution >= 4 is 23.3 Å². The molecule has 0 aliphatic heterocycles. The maximum absolute atomic E-state index is 10.7. The second kappa shape index (κ2) is 6.12. The van der Waals surface area contributed by atoms with Gasteiger partial charge in [0.25, 0.3) is 0 Å². The van der Waals surface area contributed by atoms with Crippen LogP contribution >= 0.6 is 11.8 Å². The zero-order valence-corrected chi connectivity index (χ0v) is 9.72. The van der Waals surface area contributed by atoms with Gasteiger partial charge < -0.3 is 21.8 Å². The lowest BCUT2D eigenvalue weighted by molar-refractivity contribution is -0.138. The van der Waals surface area contributed by atoms with Crippen LogP contribution in [-0.4, -0.2) is 21.7 Å². The highest BCUT2D eigenvalue weighted by atomic mass is 32.2. The van der Waals surface area contributed by atoms with E-state index in [2.05, 4.69) is 5.10 Å². The van der Waals surface area contributed by atoms with Gasteiger partial charge in [0.1, 0.15) is 11.8 Å². The van der Waals surface area contributed by atoms with Gasteiger partial charge in [-0.3, -0.25) is 4.79 Å². The van der Waals surface area contributed by atoms with E-state index in [1.165, 1.54) is 29.4 Å². The number of hydrazone groups is 1. The second-order valence-electron chi connectivity index (χ2n) is 3.27. The predicted molar refractivity (Wildman–Crippen MR) is 66.6 cm³/mol. The summed E-state index contributed by atoms with van der Waals surface area (Å²) in [7, 11) is 0. The second-order valence-corrected chi connectivity index (χ2v) is 4.10. The van der Waals surface area contributed by atoms with Crippen molar-refractivity contribution in [3.05, 3.63) is 29.3 Å². The molecule has 1 rings (SSSR count). The number of nitrogens with zero attached hydrogens (tertiary/aromatic N) is 1. The minimum Gasteiger partial charge on any atom is -0.508 e. The lowest BCUT2D eigenvalue weighted by Crippen LogP contribution is -2.20. The molecular formula is C10H13N3O3S. The molecule has 6 N–H and O–H groups in total. The molecule has 7 heteroatoms. The molecule has 6 nitrogen and oxygen atoms in total. The number of aromatic hydroxyl groups is 1. The van der Waals surface area contributed by atoms with E-state index in [-0.39, 0.29) is 5.75 Å². The highest BCUT2D eigenvalue weighted by Gasteiger charge is 2.15. The molecule has 17 heavy (non-hydrogen) atoms. The standard InChI is InChI=1S/C10H13N3O3S/c11-9(10(15)16)6-1-2-8(14)7(3-6)4-17-5-13-12/h1-3,5,9,14H,4,11-12H2,(H,15,16). The number of rotatable bonds is 5. The third-order valence-corrected chi connectivity index (χ3v) is 2.85. The van der Waals surface area contributed by atoms with Gasteiger partial charge in [-0.05, 0) is 17.7 Å². The van der Waals surface area contributed by atoms with Crippen LogP contribution in [-0.2, 0) is 10.5 Å². The van der Waals surface area contributed by atoms with Crippen LogP contribution in [0, 0.1) is 0 Å². The van der Waals surface area contributed by atoms with Gasteiger partial charge in [-0.1, -0.05) is 6.07 Å². The molecule has 0 spiro atoms. The molecule has 0 saturated carbocycles. The van der Waals surface area contributed by atoms with Crippen molar-refractivity contribution in [2.45, 2.75) is 11.8 Å². The van der Waals surface area contributed by atoms with E-state index in [0.29, 0.717) is 16.9 Å². The maximum atomic E-state index is 10.7. The largest absolute Gasteiger partial charge is 0.508 e. The van der Waals surface area contributed by atoms with Gasteiger partial charge in [0, 0.05) is 11.3 Å². The third kappa shape index (κ3) is 3.65. The molecule has 1 aromatic rings. The molecular weight excluding hydrogens is 242 g/mol. The fourth-order valence-electron chi connectivity index (χ4n) is 1.23. The zero-order chi connectivity index (χ0) is 12.8. The summed E-state index contributed by atoms with van der Waals surface area (Å²) >= 11 is 1.28. The number of carbonyl (C=O) groups is 1. The van der Waals surface area contributed by atoms with Crippen LogP contribution in [0.4, 0.5) is 0 Å². The Labute approximate surface area is 102 Å². The van der Waals surface area contributed by atoms with Crippen molar-refractivity contribution < 1.29 is 15.0 Å². The SMILES string of the molecule is NN=CSCc1cc(C(N)C(=O)O)ccc1O. The van der Waals surface area contributed by atoms with Gasteiger partial charge in [-0.2, -0.15) is 5.10 Å². The molecule has 0 aliphatic rings. The molecule has 1 atom stereocenters. The van der Waals surface area contributed by atoms with Crippen LogP contribution < -0.4 is 11.6 Å². The molecule has 0 saturated heterocycles. The first-order valence-electron chi connectivity index (χ1n) is 4.69. The Bertz CT molecular complexity index is 437. The van der Waals surface area contributed by atoms with Crippen molar-refractivity contribution in [3.63, 3.8) is 0 Å². The molecule has 1 aromatic carbocycles. The number of thioether (sulfide) groups is 1. The van der Waals surface area contributed by atoms with E-state index in [9.17, 15) is 9.90 Å². The number of phenolic OH excluding ortho intramolecular Hbond substituents is 1. The van der Waals surface area contributed by atoms with Crippen LogP contribution in [0.2, 0.25) is 0 Å². The number of carboxylic acid groups (broad SMARTS) is 1. The highest BCUT2D eigenvalue weighted by Crippen LogP contribution is 2.25. The molecule has 0 heterocycles. The summed E-state index contributed by atoms with van der Waals surface area (Å²) in [4.78, 5) is 10.7. The Morgan fingerprint density at radius 2 is 2.29 bits per heavy atom. The fourth-order valence-corrected chi connectivity index (χ4v) is 1.80. The average molecular weight is 255 g/mol. The zero-order valence-electron chi connectivity index (χ0n) is 8.91. The summed E-state index contributed by atoms with van der Waals surface area (Å²) < 4.78 is 0. The summed E-state index contributed by atoms with van der Waals surface area (Å²) in [6, 6.07) is 3.38. The van der Waals surface area contributed by atoms with Crippen LogP contribution in [0.3, 0.4) is 0 Å². The highest BCUT2D eigenvalue weighted by molar-refractivity contribution is 8.11. The maximum Gasteiger partial charge on any atom is 0.325 e. The van der Waals surface area contributed by atoms with Gasteiger partial charge in [0.2, 0.25) is 0 Å². The van der Waals surface area contributed by atoms with Crippen LogP contribution in [0.15, 0.2) is 23.3 Å². The monoisotopic (exact) mass is 255 g/mol. The molecule has 0 fully saturated rings. The van der Waals surface area contributed by atoms with Gasteiger partial charge in [0.05, 0.1) is 5.55 Å². The van der Waals surface area contributed by atoms with E-state index >= 15 is 0 Å².